The lowest BCUT2D eigenvalue weighted by atomic mass is 9.94. The van der Waals surface area contributed by atoms with Crippen LogP contribution >= 0.6 is 15.9 Å². The van der Waals surface area contributed by atoms with Gasteiger partial charge in [-0.1, -0.05) is 34.1 Å². The highest BCUT2D eigenvalue weighted by atomic mass is 79.9. The minimum absolute atomic E-state index is 0.133. The zero-order valence-electron chi connectivity index (χ0n) is 19.0. The van der Waals surface area contributed by atoms with Gasteiger partial charge >= 0.3 is 6.18 Å². The van der Waals surface area contributed by atoms with Gasteiger partial charge in [-0.15, -0.1) is 0 Å². The molecule has 3 aromatic carbocycles. The van der Waals surface area contributed by atoms with Crippen LogP contribution in [0.5, 0.6) is 5.75 Å². The summed E-state index contributed by atoms with van der Waals surface area (Å²) in [5.41, 5.74) is -0.646. The zero-order valence-corrected chi connectivity index (χ0v) is 20.6. The first kappa shape index (κ1) is 24.6. The molecule has 0 saturated carbocycles. The minimum atomic E-state index is -4.66. The molecule has 0 bridgehead atoms. The Kier molecular flexibility index (Phi) is 6.07. The van der Waals surface area contributed by atoms with E-state index in [4.69, 9.17) is 9.15 Å². The number of methoxy groups -OCH3 is 1. The molecule has 1 amide bonds. The number of alkyl halides is 3. The molecule has 0 spiro atoms. The van der Waals surface area contributed by atoms with Crippen LogP contribution in [-0.4, -0.2) is 23.9 Å². The largest absolute Gasteiger partial charge is 0.503 e. The number of anilines is 1. The molecule has 0 radical (unpaired) electrons. The smallest absolute Gasteiger partial charge is 0.416 e. The Labute approximate surface area is 216 Å². The number of Topliss-reactive ketones (excluding diaryl/α,β-unsaturated/α-hetero) is 1. The van der Waals surface area contributed by atoms with Crippen molar-refractivity contribution < 1.29 is 37.0 Å². The second-order valence-electron chi connectivity index (χ2n) is 8.28. The number of hydrogen-bond donors (Lipinski definition) is 1. The van der Waals surface area contributed by atoms with Crippen LogP contribution in [0.2, 0.25) is 0 Å². The molecule has 6 nitrogen and oxygen atoms in total. The maximum absolute atomic E-state index is 13.7. The van der Waals surface area contributed by atoms with E-state index in [1.807, 2.05) is 0 Å². The highest BCUT2D eigenvalue weighted by molar-refractivity contribution is 9.10. The molecule has 1 aliphatic heterocycles. The first-order valence-corrected chi connectivity index (χ1v) is 11.7. The molecule has 0 saturated heterocycles. The van der Waals surface area contributed by atoms with E-state index >= 15 is 0 Å². The number of aliphatic hydroxyl groups is 1. The van der Waals surface area contributed by atoms with Gasteiger partial charge in [0.15, 0.2) is 11.5 Å². The lowest BCUT2D eigenvalue weighted by Crippen LogP contribution is -2.31. The summed E-state index contributed by atoms with van der Waals surface area (Å²) in [6.45, 7) is 0. The molecule has 0 aliphatic carbocycles. The number of ether oxygens (including phenoxy) is 1. The predicted molar refractivity (Wildman–Crippen MR) is 133 cm³/mol. The summed E-state index contributed by atoms with van der Waals surface area (Å²) in [5.74, 6) is -2.30. The Morgan fingerprint density at radius 3 is 2.46 bits per heavy atom. The van der Waals surface area contributed by atoms with Crippen LogP contribution < -0.4 is 9.64 Å². The van der Waals surface area contributed by atoms with Crippen molar-refractivity contribution in [1.29, 1.82) is 0 Å². The number of carbonyl (C=O) groups is 2. The molecule has 1 atom stereocenters. The van der Waals surface area contributed by atoms with Crippen molar-refractivity contribution in [2.75, 3.05) is 12.0 Å². The van der Waals surface area contributed by atoms with Crippen LogP contribution in [0.15, 0.2) is 93.0 Å². The summed E-state index contributed by atoms with van der Waals surface area (Å²) in [5, 5.41) is 11.5. The fraction of sp³-hybridized carbons (Fsp3) is 0.111. The molecule has 1 N–H and O–H groups in total. The second kappa shape index (κ2) is 9.11. The van der Waals surface area contributed by atoms with Crippen molar-refractivity contribution in [3.8, 4) is 5.75 Å². The van der Waals surface area contributed by atoms with Crippen LogP contribution in [0, 0.1) is 0 Å². The number of rotatable bonds is 5. The van der Waals surface area contributed by atoms with Crippen molar-refractivity contribution in [1.82, 2.24) is 0 Å². The summed E-state index contributed by atoms with van der Waals surface area (Å²) in [6.07, 6.45) is -4.66. The maximum Gasteiger partial charge on any atom is 0.416 e. The van der Waals surface area contributed by atoms with Crippen LogP contribution in [-0.2, 0) is 11.0 Å². The monoisotopic (exact) mass is 571 g/mol. The van der Waals surface area contributed by atoms with Gasteiger partial charge in [-0.05, 0) is 60.2 Å². The number of nitrogens with zero attached hydrogens (tertiary/aromatic N) is 1. The van der Waals surface area contributed by atoms with Crippen molar-refractivity contribution in [3.05, 3.63) is 105 Å². The topological polar surface area (TPSA) is 80.0 Å². The fourth-order valence-electron chi connectivity index (χ4n) is 4.30. The quantitative estimate of drug-likeness (QED) is 0.261. The van der Waals surface area contributed by atoms with Gasteiger partial charge in [0.05, 0.1) is 24.3 Å². The molecule has 0 fully saturated rings. The number of amides is 1. The highest BCUT2D eigenvalue weighted by Crippen LogP contribution is 2.44. The maximum atomic E-state index is 13.7. The molecule has 5 rings (SSSR count). The van der Waals surface area contributed by atoms with Crippen LogP contribution in [0.1, 0.15) is 27.7 Å². The Morgan fingerprint density at radius 1 is 1.05 bits per heavy atom. The van der Waals surface area contributed by atoms with Crippen LogP contribution in [0.3, 0.4) is 0 Å². The van der Waals surface area contributed by atoms with Gasteiger partial charge in [-0.3, -0.25) is 14.5 Å². The predicted octanol–water partition coefficient (Wildman–Crippen LogP) is 7.01. The third-order valence-corrected chi connectivity index (χ3v) is 6.53. The van der Waals surface area contributed by atoms with E-state index < -0.39 is 35.2 Å². The number of fused-ring (bicyclic) bond motifs is 1. The first-order chi connectivity index (χ1) is 17.6. The van der Waals surface area contributed by atoms with Crippen LogP contribution in [0.25, 0.3) is 11.0 Å². The van der Waals surface area contributed by atoms with Crippen molar-refractivity contribution in [2.45, 2.75) is 12.2 Å². The van der Waals surface area contributed by atoms with Crippen molar-refractivity contribution >= 4 is 44.3 Å². The Morgan fingerprint density at radius 2 is 1.78 bits per heavy atom. The first-order valence-electron chi connectivity index (χ1n) is 10.9. The number of aliphatic hydroxyl groups excluding tert-OH is 1. The van der Waals surface area contributed by atoms with E-state index in [1.165, 1.54) is 19.2 Å². The molecular weight excluding hydrogens is 555 g/mol. The van der Waals surface area contributed by atoms with E-state index in [1.54, 1.807) is 42.5 Å². The summed E-state index contributed by atoms with van der Waals surface area (Å²) in [4.78, 5) is 27.9. The van der Waals surface area contributed by atoms with Gasteiger partial charge in [0, 0.05) is 15.5 Å². The highest BCUT2D eigenvalue weighted by Gasteiger charge is 2.46. The molecule has 10 heteroatoms. The molecule has 1 aromatic heterocycles. The average Bonchev–Trinajstić information content (AvgIpc) is 3.41. The lowest BCUT2D eigenvalue weighted by molar-refractivity contribution is -0.137. The van der Waals surface area contributed by atoms with E-state index in [2.05, 4.69) is 15.9 Å². The fourth-order valence-corrected chi connectivity index (χ4v) is 4.67. The van der Waals surface area contributed by atoms with Gasteiger partial charge in [-0.25, -0.2) is 0 Å². The molecule has 1 unspecified atom stereocenters. The van der Waals surface area contributed by atoms with Gasteiger partial charge in [0.1, 0.15) is 11.3 Å². The van der Waals surface area contributed by atoms with Gasteiger partial charge in [0.25, 0.3) is 5.91 Å². The molecule has 1 aliphatic rings. The minimum Gasteiger partial charge on any atom is -0.503 e. The lowest BCUT2D eigenvalue weighted by Gasteiger charge is -2.27. The molecular formula is C27H17BrF3NO5. The molecule has 188 valence electrons. The Hall–Kier alpha value is -4.05. The molecule has 37 heavy (non-hydrogen) atoms. The molecule has 2 heterocycles. The molecule has 4 aromatic rings. The van der Waals surface area contributed by atoms with E-state index in [0.717, 1.165) is 27.6 Å². The zero-order chi connectivity index (χ0) is 26.5. The number of ketones is 1. The van der Waals surface area contributed by atoms with Crippen molar-refractivity contribution in [2.24, 2.45) is 0 Å². The summed E-state index contributed by atoms with van der Waals surface area (Å²) in [7, 11) is 1.46. The third kappa shape index (κ3) is 4.37. The second-order valence-corrected chi connectivity index (χ2v) is 9.20. The number of halogens is 4. The number of carbonyl (C=O) groups excluding carboxylic acids is 2. The Balaban J connectivity index is 1.66. The van der Waals surface area contributed by atoms with E-state index in [-0.39, 0.29) is 17.0 Å². The third-order valence-electron chi connectivity index (χ3n) is 6.04. The normalized spacial score (nSPS) is 16.1. The van der Waals surface area contributed by atoms with Crippen LogP contribution in [0.4, 0.5) is 18.9 Å². The van der Waals surface area contributed by atoms with Gasteiger partial charge < -0.3 is 14.3 Å². The standard InChI is InChI=1S/C27H17BrF3NO5/c1-36-19-8-5-14(6-9-19)23-22(24(33)21-12-15-11-17(28)7-10-20(15)37-21)25(34)26(35)32(23)18-4-2-3-16(13-18)27(29,30)31/h2-13,23,34H,1H3. The Bertz CT molecular complexity index is 1570. The van der Waals surface area contributed by atoms with Gasteiger partial charge in [-0.2, -0.15) is 13.2 Å². The summed E-state index contributed by atoms with van der Waals surface area (Å²) < 4.78 is 51.9. The van der Waals surface area contributed by atoms with Gasteiger partial charge in [0.2, 0.25) is 5.78 Å². The SMILES string of the molecule is COc1ccc(C2C(C(=O)c3cc4cc(Br)ccc4o3)=C(O)C(=O)N2c2cccc(C(F)(F)F)c2)cc1. The van der Waals surface area contributed by atoms with Crippen molar-refractivity contribution in [3.63, 3.8) is 0 Å². The van der Waals surface area contributed by atoms with E-state index in [9.17, 15) is 27.9 Å². The number of furan rings is 1. The van der Waals surface area contributed by atoms with E-state index in [0.29, 0.717) is 22.3 Å². The number of hydrogen-bond acceptors (Lipinski definition) is 5. The summed E-state index contributed by atoms with van der Waals surface area (Å²) in [6, 6.07) is 15.8. The number of benzene rings is 3. The summed E-state index contributed by atoms with van der Waals surface area (Å²) >= 11 is 3.35. The average molecular weight is 572 g/mol.